The zero-order valence-electron chi connectivity index (χ0n) is 20.3. The van der Waals surface area contributed by atoms with Crippen LogP contribution in [-0.4, -0.2) is 44.3 Å². The van der Waals surface area contributed by atoms with Crippen LogP contribution in [0.15, 0.2) is 51.9 Å². The molecule has 2 aromatic carbocycles. The molecule has 0 spiro atoms. The highest BCUT2D eigenvalue weighted by atomic mass is 19.4. The SMILES string of the molecule is CNC(=O)/C(=N/OC)c1cccc(C)c1CO/N=C(\C)c1ccc(/C(C)=N\OC)cc1C(F)(F)F. The number of hydrogen-bond donors (Lipinski definition) is 1. The van der Waals surface area contributed by atoms with E-state index in [0.29, 0.717) is 16.8 Å². The highest BCUT2D eigenvalue weighted by Crippen LogP contribution is 2.33. The average Bonchev–Trinajstić information content (AvgIpc) is 2.82. The topological polar surface area (TPSA) is 93.9 Å². The maximum Gasteiger partial charge on any atom is 0.417 e. The van der Waals surface area contributed by atoms with Crippen molar-refractivity contribution in [1.82, 2.24) is 5.32 Å². The summed E-state index contributed by atoms with van der Waals surface area (Å²) < 4.78 is 41.3. The standard InChI is InChI=1S/C24H27F3N4O4/c1-14-8-7-9-19(22(31-34-6)23(32)28-4)20(14)13-35-30-16(3)18-11-10-17(15(2)29-33-5)12-21(18)24(25,26)27/h7-12H,13H2,1-6H3,(H,28,32)/b29-15-,30-16+,31-22+. The summed E-state index contributed by atoms with van der Waals surface area (Å²) in [6.07, 6.45) is -4.63. The van der Waals surface area contributed by atoms with Crippen molar-refractivity contribution in [2.24, 2.45) is 15.5 Å². The van der Waals surface area contributed by atoms with Crippen LogP contribution in [-0.2, 0) is 32.1 Å². The lowest BCUT2D eigenvalue weighted by atomic mass is 9.98. The van der Waals surface area contributed by atoms with Crippen molar-refractivity contribution >= 4 is 23.0 Å². The second kappa shape index (κ2) is 12.0. The van der Waals surface area contributed by atoms with Gasteiger partial charge in [0.1, 0.15) is 20.8 Å². The Hall–Kier alpha value is -3.89. The van der Waals surface area contributed by atoms with E-state index in [1.165, 1.54) is 40.3 Å². The number of carbonyl (C=O) groups is 1. The van der Waals surface area contributed by atoms with E-state index in [-0.39, 0.29) is 29.2 Å². The molecule has 1 N–H and O–H groups in total. The summed E-state index contributed by atoms with van der Waals surface area (Å²) in [5.41, 5.74) is 1.41. The van der Waals surface area contributed by atoms with E-state index in [1.807, 2.05) is 0 Å². The molecule has 0 bridgehead atoms. The van der Waals surface area contributed by atoms with E-state index in [0.717, 1.165) is 11.6 Å². The van der Waals surface area contributed by atoms with Gasteiger partial charge in [-0.15, -0.1) is 0 Å². The summed E-state index contributed by atoms with van der Waals surface area (Å²) in [7, 11) is 4.09. The average molecular weight is 492 g/mol. The molecule has 0 aromatic heterocycles. The molecule has 11 heteroatoms. The fourth-order valence-electron chi connectivity index (χ4n) is 3.29. The van der Waals surface area contributed by atoms with Crippen molar-refractivity contribution in [2.45, 2.75) is 33.6 Å². The Morgan fingerprint density at radius 2 is 1.66 bits per heavy atom. The molecule has 35 heavy (non-hydrogen) atoms. The van der Waals surface area contributed by atoms with E-state index in [2.05, 4.69) is 25.6 Å². The third-order valence-electron chi connectivity index (χ3n) is 5.06. The van der Waals surface area contributed by atoms with Gasteiger partial charge in [-0.3, -0.25) is 4.79 Å². The van der Waals surface area contributed by atoms with Crippen LogP contribution in [0.1, 0.15) is 47.2 Å². The van der Waals surface area contributed by atoms with E-state index in [4.69, 9.17) is 9.68 Å². The van der Waals surface area contributed by atoms with E-state index in [9.17, 15) is 18.0 Å². The Morgan fingerprint density at radius 1 is 0.971 bits per heavy atom. The highest BCUT2D eigenvalue weighted by molar-refractivity contribution is 6.45. The van der Waals surface area contributed by atoms with Gasteiger partial charge in [0.15, 0.2) is 5.71 Å². The monoisotopic (exact) mass is 492 g/mol. The van der Waals surface area contributed by atoms with Crippen LogP contribution in [0.4, 0.5) is 13.2 Å². The number of amides is 1. The number of aryl methyl sites for hydroxylation is 1. The summed E-state index contributed by atoms with van der Waals surface area (Å²) in [6.45, 7) is 4.65. The first-order valence-corrected chi connectivity index (χ1v) is 10.4. The zero-order chi connectivity index (χ0) is 26.2. The zero-order valence-corrected chi connectivity index (χ0v) is 20.3. The van der Waals surface area contributed by atoms with Crippen LogP contribution in [0.25, 0.3) is 0 Å². The Bertz CT molecular complexity index is 1160. The molecule has 0 unspecified atom stereocenters. The van der Waals surface area contributed by atoms with Crippen LogP contribution in [0, 0.1) is 6.92 Å². The maximum atomic E-state index is 13.8. The molecule has 0 heterocycles. The number of hydrogen-bond acceptors (Lipinski definition) is 7. The molecule has 0 radical (unpaired) electrons. The van der Waals surface area contributed by atoms with Crippen LogP contribution >= 0.6 is 0 Å². The third kappa shape index (κ3) is 6.81. The van der Waals surface area contributed by atoms with Crippen LogP contribution < -0.4 is 5.32 Å². The van der Waals surface area contributed by atoms with Gasteiger partial charge in [-0.2, -0.15) is 13.2 Å². The van der Waals surface area contributed by atoms with Crippen molar-refractivity contribution in [1.29, 1.82) is 0 Å². The molecule has 0 aliphatic rings. The first kappa shape index (κ1) is 27.4. The molecule has 0 fully saturated rings. The largest absolute Gasteiger partial charge is 0.417 e. The van der Waals surface area contributed by atoms with Crippen molar-refractivity contribution < 1.29 is 32.5 Å². The molecular weight excluding hydrogens is 465 g/mol. The van der Waals surface area contributed by atoms with Crippen molar-refractivity contribution in [2.75, 3.05) is 21.3 Å². The fourth-order valence-corrected chi connectivity index (χ4v) is 3.29. The minimum absolute atomic E-state index is 0.0254. The number of likely N-dealkylation sites (N-methyl/N-ethyl adjacent to an activating group) is 1. The maximum absolute atomic E-state index is 13.8. The normalized spacial score (nSPS) is 12.9. The molecule has 0 saturated carbocycles. The Morgan fingerprint density at radius 3 is 2.26 bits per heavy atom. The minimum Gasteiger partial charge on any atom is -0.399 e. The van der Waals surface area contributed by atoms with Gasteiger partial charge >= 0.3 is 6.18 Å². The first-order valence-electron chi connectivity index (χ1n) is 10.4. The molecule has 2 aromatic rings. The lowest BCUT2D eigenvalue weighted by Crippen LogP contribution is -2.29. The van der Waals surface area contributed by atoms with Gasteiger partial charge in [-0.05, 0) is 38.0 Å². The Kier molecular flexibility index (Phi) is 9.38. The molecule has 8 nitrogen and oxygen atoms in total. The Balaban J connectivity index is 2.41. The molecule has 1 amide bonds. The van der Waals surface area contributed by atoms with Crippen LogP contribution in [0.5, 0.6) is 0 Å². The summed E-state index contributed by atoms with van der Waals surface area (Å²) in [5.74, 6) is -0.472. The van der Waals surface area contributed by atoms with E-state index >= 15 is 0 Å². The van der Waals surface area contributed by atoms with Crippen molar-refractivity contribution in [3.05, 3.63) is 69.8 Å². The smallest absolute Gasteiger partial charge is 0.399 e. The second-order valence-electron chi connectivity index (χ2n) is 7.37. The summed E-state index contributed by atoms with van der Waals surface area (Å²) in [5, 5.41) is 13.9. The number of oxime groups is 3. The van der Waals surface area contributed by atoms with Crippen molar-refractivity contribution in [3.63, 3.8) is 0 Å². The molecule has 0 atom stereocenters. The van der Waals surface area contributed by atoms with Gasteiger partial charge in [-0.1, -0.05) is 45.8 Å². The number of benzene rings is 2. The second-order valence-corrected chi connectivity index (χ2v) is 7.37. The number of nitrogens with zero attached hydrogens (tertiary/aromatic N) is 3. The molecular formula is C24H27F3N4O4. The summed E-state index contributed by atoms with van der Waals surface area (Å²) in [6, 6.07) is 9.00. The third-order valence-corrected chi connectivity index (χ3v) is 5.06. The lowest BCUT2D eigenvalue weighted by Gasteiger charge is -2.15. The lowest BCUT2D eigenvalue weighted by molar-refractivity contribution is -0.137. The molecule has 0 saturated heterocycles. The molecule has 0 aliphatic carbocycles. The van der Waals surface area contributed by atoms with Crippen molar-refractivity contribution in [3.8, 4) is 0 Å². The highest BCUT2D eigenvalue weighted by Gasteiger charge is 2.34. The number of alkyl halides is 3. The number of nitrogens with one attached hydrogen (secondary N) is 1. The molecule has 0 aliphatic heterocycles. The van der Waals surface area contributed by atoms with E-state index in [1.54, 1.807) is 32.0 Å². The van der Waals surface area contributed by atoms with Gasteiger partial charge in [-0.25, -0.2) is 0 Å². The fraction of sp³-hybridized carbons (Fsp3) is 0.333. The quantitative estimate of drug-likeness (QED) is 0.414. The van der Waals surface area contributed by atoms with Gasteiger partial charge in [0.25, 0.3) is 5.91 Å². The number of carbonyl (C=O) groups excluding carboxylic acids is 1. The van der Waals surface area contributed by atoms with Gasteiger partial charge in [0.2, 0.25) is 0 Å². The summed E-state index contributed by atoms with van der Waals surface area (Å²) in [4.78, 5) is 27.2. The molecule has 188 valence electrons. The predicted octanol–water partition coefficient (Wildman–Crippen LogP) is 4.42. The van der Waals surface area contributed by atoms with Gasteiger partial charge in [0.05, 0.1) is 17.0 Å². The minimum atomic E-state index is -4.63. The van der Waals surface area contributed by atoms with Gasteiger partial charge in [0, 0.05) is 23.7 Å². The van der Waals surface area contributed by atoms with Crippen LogP contribution in [0.2, 0.25) is 0 Å². The predicted molar refractivity (Wildman–Crippen MR) is 126 cm³/mol. The van der Waals surface area contributed by atoms with Crippen LogP contribution in [0.3, 0.4) is 0 Å². The van der Waals surface area contributed by atoms with Gasteiger partial charge < -0.3 is 19.8 Å². The number of halogens is 3. The summed E-state index contributed by atoms with van der Waals surface area (Å²) >= 11 is 0. The first-order chi connectivity index (χ1) is 16.5. The Labute approximate surface area is 201 Å². The molecule has 2 rings (SSSR count). The number of rotatable bonds is 9. The van der Waals surface area contributed by atoms with E-state index < -0.39 is 17.6 Å².